The number of hydrogen-bond acceptors (Lipinski definition) is 6. The molecule has 0 aliphatic rings. The van der Waals surface area contributed by atoms with Gasteiger partial charge in [-0.1, -0.05) is 5.16 Å². The zero-order valence-electron chi connectivity index (χ0n) is 13.8. The molecule has 1 heterocycles. The smallest absolute Gasteiger partial charge is 0.258 e. The molecule has 1 aromatic heterocycles. The first-order valence-electron chi connectivity index (χ1n) is 7.54. The molecule has 3 aromatic rings. The molecule has 0 spiro atoms. The first kappa shape index (κ1) is 15.9. The second kappa shape index (κ2) is 7.04. The Labute approximate surface area is 140 Å². The van der Waals surface area contributed by atoms with E-state index in [-0.39, 0.29) is 0 Å². The Bertz CT molecular complexity index is 790. The van der Waals surface area contributed by atoms with E-state index >= 15 is 0 Å². The lowest BCUT2D eigenvalue weighted by Gasteiger charge is -2.05. The van der Waals surface area contributed by atoms with Gasteiger partial charge in [0.05, 0.1) is 20.8 Å². The maximum Gasteiger partial charge on any atom is 0.258 e. The van der Waals surface area contributed by atoms with Crippen molar-refractivity contribution < 1.29 is 18.7 Å². The van der Waals surface area contributed by atoms with Crippen molar-refractivity contribution >= 4 is 0 Å². The normalized spacial score (nSPS) is 10.5. The fourth-order valence-electron chi connectivity index (χ4n) is 2.26. The number of hydrogen-bond donors (Lipinski definition) is 0. The van der Waals surface area contributed by atoms with Crippen molar-refractivity contribution in [2.24, 2.45) is 0 Å². The van der Waals surface area contributed by atoms with Crippen molar-refractivity contribution in [3.8, 4) is 40.1 Å². The lowest BCUT2D eigenvalue weighted by molar-refractivity contribution is 0.340. The number of benzene rings is 2. The van der Waals surface area contributed by atoms with E-state index in [1.165, 1.54) is 0 Å². The van der Waals surface area contributed by atoms with Crippen LogP contribution in [0, 0.1) is 0 Å². The molecule has 0 N–H and O–H groups in total. The van der Waals surface area contributed by atoms with Crippen molar-refractivity contribution in [3.63, 3.8) is 0 Å². The Balaban J connectivity index is 1.90. The zero-order chi connectivity index (χ0) is 16.9. The zero-order valence-corrected chi connectivity index (χ0v) is 13.8. The van der Waals surface area contributed by atoms with Crippen LogP contribution in [0.5, 0.6) is 17.2 Å². The van der Waals surface area contributed by atoms with E-state index < -0.39 is 0 Å². The Kier molecular flexibility index (Phi) is 4.65. The molecule has 0 aliphatic carbocycles. The fraction of sp³-hybridized carbons (Fsp3) is 0.222. The minimum Gasteiger partial charge on any atom is -0.497 e. The summed E-state index contributed by atoms with van der Waals surface area (Å²) in [6.45, 7) is 2.57. The van der Waals surface area contributed by atoms with Gasteiger partial charge in [-0.3, -0.25) is 0 Å². The molecule has 0 fully saturated rings. The summed E-state index contributed by atoms with van der Waals surface area (Å²) in [5.41, 5.74) is 1.58. The summed E-state index contributed by atoms with van der Waals surface area (Å²) < 4.78 is 21.3. The van der Waals surface area contributed by atoms with Gasteiger partial charge in [-0.2, -0.15) is 4.98 Å². The van der Waals surface area contributed by atoms with E-state index in [0.717, 1.165) is 16.9 Å². The topological polar surface area (TPSA) is 66.6 Å². The van der Waals surface area contributed by atoms with Crippen LogP contribution in [0.4, 0.5) is 0 Å². The van der Waals surface area contributed by atoms with Crippen LogP contribution < -0.4 is 14.2 Å². The van der Waals surface area contributed by atoms with Crippen LogP contribution in [0.2, 0.25) is 0 Å². The van der Waals surface area contributed by atoms with E-state index in [9.17, 15) is 0 Å². The van der Waals surface area contributed by atoms with Crippen molar-refractivity contribution in [1.29, 1.82) is 0 Å². The molecule has 6 nitrogen and oxygen atoms in total. The van der Waals surface area contributed by atoms with Gasteiger partial charge in [0.25, 0.3) is 5.89 Å². The quantitative estimate of drug-likeness (QED) is 0.686. The standard InChI is InChI=1S/C18H18N2O4/c1-4-23-14-7-5-12(6-8-14)17-19-18(24-20-17)13-9-15(21-2)11-16(10-13)22-3/h5-11H,4H2,1-3H3. The monoisotopic (exact) mass is 326 g/mol. The average Bonchev–Trinajstić information content (AvgIpc) is 3.12. The minimum atomic E-state index is 0.399. The third-order valence-electron chi connectivity index (χ3n) is 3.45. The van der Waals surface area contributed by atoms with Crippen LogP contribution in [-0.2, 0) is 0 Å². The van der Waals surface area contributed by atoms with Gasteiger partial charge >= 0.3 is 0 Å². The maximum atomic E-state index is 5.43. The van der Waals surface area contributed by atoms with Gasteiger partial charge in [0.1, 0.15) is 17.2 Å². The highest BCUT2D eigenvalue weighted by Gasteiger charge is 2.13. The van der Waals surface area contributed by atoms with Gasteiger partial charge < -0.3 is 18.7 Å². The van der Waals surface area contributed by atoms with Gasteiger partial charge in [0.15, 0.2) is 0 Å². The van der Waals surface area contributed by atoms with Crippen molar-refractivity contribution in [1.82, 2.24) is 10.1 Å². The van der Waals surface area contributed by atoms with Crippen molar-refractivity contribution in [3.05, 3.63) is 42.5 Å². The van der Waals surface area contributed by atoms with Crippen LogP contribution in [0.15, 0.2) is 47.0 Å². The van der Waals surface area contributed by atoms with E-state index in [1.807, 2.05) is 43.3 Å². The second-order valence-corrected chi connectivity index (χ2v) is 4.98. The molecule has 124 valence electrons. The van der Waals surface area contributed by atoms with Gasteiger partial charge in [0.2, 0.25) is 5.82 Å². The molecular formula is C18H18N2O4. The summed E-state index contributed by atoms with van der Waals surface area (Å²) >= 11 is 0. The third-order valence-corrected chi connectivity index (χ3v) is 3.45. The molecule has 2 aromatic carbocycles. The van der Waals surface area contributed by atoms with Gasteiger partial charge in [0, 0.05) is 17.2 Å². The molecule has 0 unspecified atom stereocenters. The van der Waals surface area contributed by atoms with E-state index in [2.05, 4.69) is 10.1 Å². The van der Waals surface area contributed by atoms with Gasteiger partial charge in [-0.25, -0.2) is 0 Å². The largest absolute Gasteiger partial charge is 0.497 e. The molecule has 0 bridgehead atoms. The molecule has 0 amide bonds. The molecule has 0 saturated carbocycles. The van der Waals surface area contributed by atoms with Crippen molar-refractivity contribution in [2.45, 2.75) is 6.92 Å². The van der Waals surface area contributed by atoms with Gasteiger partial charge in [-0.15, -0.1) is 0 Å². The number of methoxy groups -OCH3 is 2. The summed E-state index contributed by atoms with van der Waals surface area (Å²) in [6, 6.07) is 13.0. The Hall–Kier alpha value is -3.02. The summed E-state index contributed by atoms with van der Waals surface area (Å²) in [4.78, 5) is 4.45. The maximum absolute atomic E-state index is 5.43. The highest BCUT2D eigenvalue weighted by Crippen LogP contribution is 2.30. The number of nitrogens with zero attached hydrogens (tertiary/aromatic N) is 2. The second-order valence-electron chi connectivity index (χ2n) is 4.98. The summed E-state index contributed by atoms with van der Waals surface area (Å²) in [5.74, 6) is 3.03. The fourth-order valence-corrected chi connectivity index (χ4v) is 2.26. The first-order valence-corrected chi connectivity index (χ1v) is 7.54. The predicted octanol–water partition coefficient (Wildman–Crippen LogP) is 3.82. The molecule has 0 aliphatic heterocycles. The molecule has 24 heavy (non-hydrogen) atoms. The summed E-state index contributed by atoms with van der Waals surface area (Å²) in [6.07, 6.45) is 0. The van der Waals surface area contributed by atoms with E-state index in [4.69, 9.17) is 18.7 Å². The first-order chi connectivity index (χ1) is 11.7. The molecular weight excluding hydrogens is 308 g/mol. The van der Waals surface area contributed by atoms with E-state index in [0.29, 0.717) is 29.8 Å². The Morgan fingerprint density at radius 3 is 2.12 bits per heavy atom. The van der Waals surface area contributed by atoms with Crippen LogP contribution in [0.3, 0.4) is 0 Å². The van der Waals surface area contributed by atoms with Crippen LogP contribution in [0.1, 0.15) is 6.92 Å². The van der Waals surface area contributed by atoms with Crippen molar-refractivity contribution in [2.75, 3.05) is 20.8 Å². The number of rotatable bonds is 6. The lowest BCUT2D eigenvalue weighted by Crippen LogP contribution is -1.91. The van der Waals surface area contributed by atoms with Crippen LogP contribution in [-0.4, -0.2) is 31.0 Å². The Morgan fingerprint density at radius 2 is 1.54 bits per heavy atom. The molecule has 0 radical (unpaired) electrons. The summed E-state index contributed by atoms with van der Waals surface area (Å²) in [7, 11) is 3.19. The molecule has 0 saturated heterocycles. The average molecular weight is 326 g/mol. The third kappa shape index (κ3) is 3.32. The number of aromatic nitrogens is 2. The Morgan fingerprint density at radius 1 is 0.875 bits per heavy atom. The lowest BCUT2D eigenvalue weighted by atomic mass is 10.2. The highest BCUT2D eigenvalue weighted by molar-refractivity contribution is 5.63. The van der Waals surface area contributed by atoms with Crippen LogP contribution >= 0.6 is 0 Å². The van der Waals surface area contributed by atoms with E-state index in [1.54, 1.807) is 20.3 Å². The number of ether oxygens (including phenoxy) is 3. The van der Waals surface area contributed by atoms with Crippen LogP contribution in [0.25, 0.3) is 22.8 Å². The highest BCUT2D eigenvalue weighted by atomic mass is 16.5. The molecule has 6 heteroatoms. The molecule has 3 rings (SSSR count). The summed E-state index contributed by atoms with van der Waals surface area (Å²) in [5, 5.41) is 4.04. The predicted molar refractivity (Wildman–Crippen MR) is 89.4 cm³/mol. The SMILES string of the molecule is CCOc1ccc(-c2noc(-c3cc(OC)cc(OC)c3)n2)cc1. The molecule has 0 atom stereocenters. The van der Waals surface area contributed by atoms with Gasteiger partial charge in [-0.05, 0) is 43.3 Å². The minimum absolute atomic E-state index is 0.399.